The van der Waals surface area contributed by atoms with Crippen LogP contribution in [-0.2, 0) is 22.4 Å². The van der Waals surface area contributed by atoms with Gasteiger partial charge in [0.2, 0.25) is 11.8 Å². The van der Waals surface area contributed by atoms with Crippen molar-refractivity contribution >= 4 is 23.2 Å². The van der Waals surface area contributed by atoms with Crippen LogP contribution in [0.1, 0.15) is 16.9 Å². The molecular weight excluding hydrogens is 438 g/mol. The Morgan fingerprint density at radius 2 is 1.82 bits per heavy atom. The first kappa shape index (κ1) is 23.6. The lowest BCUT2D eigenvalue weighted by Gasteiger charge is -2.35. The smallest absolute Gasteiger partial charge is 0.228 e. The van der Waals surface area contributed by atoms with E-state index in [1.807, 2.05) is 28.0 Å². The van der Waals surface area contributed by atoms with Crippen molar-refractivity contribution in [1.82, 2.24) is 14.7 Å². The number of hydrogen-bond acceptors (Lipinski definition) is 6. The fourth-order valence-corrected chi connectivity index (χ4v) is 5.33. The van der Waals surface area contributed by atoms with Gasteiger partial charge in [-0.05, 0) is 42.0 Å². The topological polar surface area (TPSA) is 62.3 Å². The summed E-state index contributed by atoms with van der Waals surface area (Å²) in [4.78, 5) is 33.3. The molecule has 8 heteroatoms. The molecule has 2 amide bonds. The Labute approximate surface area is 199 Å². The number of rotatable bonds is 9. The molecule has 0 bridgehead atoms. The molecule has 1 unspecified atom stereocenters. The van der Waals surface area contributed by atoms with Gasteiger partial charge < -0.3 is 19.3 Å². The van der Waals surface area contributed by atoms with E-state index in [1.165, 1.54) is 4.88 Å². The van der Waals surface area contributed by atoms with E-state index in [4.69, 9.17) is 9.47 Å². The Bertz CT molecular complexity index is 941. The molecule has 2 aliphatic rings. The van der Waals surface area contributed by atoms with Gasteiger partial charge in [-0.1, -0.05) is 12.1 Å². The Hall–Kier alpha value is -2.58. The minimum atomic E-state index is -0.222. The molecule has 2 saturated heterocycles. The number of ether oxygens (including phenoxy) is 2. The van der Waals surface area contributed by atoms with Gasteiger partial charge in [0.05, 0.1) is 20.1 Å². The summed E-state index contributed by atoms with van der Waals surface area (Å²) in [7, 11) is 3.23. The molecule has 1 atom stereocenters. The molecule has 3 heterocycles. The molecule has 178 valence electrons. The highest BCUT2D eigenvalue weighted by atomic mass is 32.1. The van der Waals surface area contributed by atoms with Crippen LogP contribution in [0.15, 0.2) is 35.7 Å². The maximum Gasteiger partial charge on any atom is 0.228 e. The van der Waals surface area contributed by atoms with E-state index in [2.05, 4.69) is 22.4 Å². The van der Waals surface area contributed by atoms with E-state index in [9.17, 15) is 9.59 Å². The first-order valence-corrected chi connectivity index (χ1v) is 12.5. The maximum absolute atomic E-state index is 13.1. The van der Waals surface area contributed by atoms with Crippen LogP contribution in [0, 0.1) is 5.92 Å². The zero-order valence-corrected chi connectivity index (χ0v) is 20.3. The predicted molar refractivity (Wildman–Crippen MR) is 129 cm³/mol. The predicted octanol–water partition coefficient (Wildman–Crippen LogP) is 2.54. The SMILES string of the molecule is COc1ccc(CCN2CC(C(=O)N3CCN(CCc4cccs4)CC3)CC2=O)cc1OC. The quantitative estimate of drug-likeness (QED) is 0.563. The summed E-state index contributed by atoms with van der Waals surface area (Å²) < 4.78 is 10.7. The molecule has 0 aliphatic carbocycles. The van der Waals surface area contributed by atoms with Crippen LogP contribution >= 0.6 is 11.3 Å². The van der Waals surface area contributed by atoms with Gasteiger partial charge in [0.25, 0.3) is 0 Å². The second-order valence-electron chi connectivity index (χ2n) is 8.68. The number of methoxy groups -OCH3 is 2. The second-order valence-corrected chi connectivity index (χ2v) is 9.71. The van der Waals surface area contributed by atoms with Gasteiger partial charge in [0.15, 0.2) is 11.5 Å². The molecule has 2 aliphatic heterocycles. The summed E-state index contributed by atoms with van der Waals surface area (Å²) in [6.07, 6.45) is 2.11. The first-order valence-electron chi connectivity index (χ1n) is 11.6. The second kappa shape index (κ2) is 11.0. The molecule has 2 fully saturated rings. The van der Waals surface area contributed by atoms with Crippen molar-refractivity contribution in [3.63, 3.8) is 0 Å². The van der Waals surface area contributed by atoms with E-state index >= 15 is 0 Å². The van der Waals surface area contributed by atoms with Crippen LogP contribution in [-0.4, -0.2) is 86.5 Å². The van der Waals surface area contributed by atoms with Crippen molar-refractivity contribution in [3.8, 4) is 11.5 Å². The van der Waals surface area contributed by atoms with Crippen molar-refractivity contribution in [2.45, 2.75) is 19.3 Å². The zero-order chi connectivity index (χ0) is 23.2. The Morgan fingerprint density at radius 1 is 1.03 bits per heavy atom. The number of amides is 2. The Kier molecular flexibility index (Phi) is 7.88. The van der Waals surface area contributed by atoms with Crippen molar-refractivity contribution in [3.05, 3.63) is 46.2 Å². The van der Waals surface area contributed by atoms with Gasteiger partial charge in [-0.3, -0.25) is 14.5 Å². The Morgan fingerprint density at radius 3 is 2.52 bits per heavy atom. The van der Waals surface area contributed by atoms with Gasteiger partial charge in [0, 0.05) is 57.1 Å². The normalized spacial score (nSPS) is 19.2. The third-order valence-electron chi connectivity index (χ3n) is 6.62. The van der Waals surface area contributed by atoms with Crippen LogP contribution < -0.4 is 9.47 Å². The van der Waals surface area contributed by atoms with E-state index < -0.39 is 0 Å². The molecule has 0 saturated carbocycles. The summed E-state index contributed by atoms with van der Waals surface area (Å²) >= 11 is 1.80. The van der Waals surface area contributed by atoms with Gasteiger partial charge in [-0.2, -0.15) is 0 Å². The molecule has 2 aromatic rings. The van der Waals surface area contributed by atoms with Crippen LogP contribution in [0.2, 0.25) is 0 Å². The van der Waals surface area contributed by atoms with E-state index in [1.54, 1.807) is 25.6 Å². The highest BCUT2D eigenvalue weighted by molar-refractivity contribution is 7.09. The lowest BCUT2D eigenvalue weighted by Crippen LogP contribution is -2.51. The largest absolute Gasteiger partial charge is 0.493 e. The fraction of sp³-hybridized carbons (Fsp3) is 0.520. The van der Waals surface area contributed by atoms with Crippen molar-refractivity contribution in [2.24, 2.45) is 5.92 Å². The minimum Gasteiger partial charge on any atom is -0.493 e. The average molecular weight is 472 g/mol. The number of likely N-dealkylation sites (tertiary alicyclic amines) is 1. The van der Waals surface area contributed by atoms with E-state index in [0.29, 0.717) is 31.0 Å². The molecule has 1 aromatic carbocycles. The third kappa shape index (κ3) is 5.86. The van der Waals surface area contributed by atoms with Crippen LogP contribution in [0.4, 0.5) is 0 Å². The van der Waals surface area contributed by atoms with E-state index in [0.717, 1.165) is 51.1 Å². The number of carbonyl (C=O) groups is 2. The molecule has 4 rings (SSSR count). The number of carbonyl (C=O) groups excluding carboxylic acids is 2. The standard InChI is InChI=1S/C25H33N3O4S/c1-31-22-6-5-19(16-23(22)32-2)7-10-28-18-20(17-24(28)29)25(30)27-13-11-26(12-14-27)9-8-21-4-3-15-33-21/h3-6,15-16,20H,7-14,17-18H2,1-2H3. The number of thiophene rings is 1. The lowest BCUT2D eigenvalue weighted by molar-refractivity contribution is -0.137. The number of nitrogens with zero attached hydrogens (tertiary/aromatic N) is 3. The van der Waals surface area contributed by atoms with Gasteiger partial charge in [-0.15, -0.1) is 11.3 Å². The van der Waals surface area contributed by atoms with Gasteiger partial charge in [-0.25, -0.2) is 0 Å². The van der Waals surface area contributed by atoms with Gasteiger partial charge >= 0.3 is 0 Å². The lowest BCUT2D eigenvalue weighted by atomic mass is 10.1. The highest BCUT2D eigenvalue weighted by Crippen LogP contribution is 2.28. The molecule has 0 radical (unpaired) electrons. The maximum atomic E-state index is 13.1. The molecule has 0 spiro atoms. The highest BCUT2D eigenvalue weighted by Gasteiger charge is 2.37. The summed E-state index contributed by atoms with van der Waals surface area (Å²) in [5.74, 6) is 1.36. The van der Waals surface area contributed by atoms with Crippen LogP contribution in [0.5, 0.6) is 11.5 Å². The number of piperazine rings is 1. The summed E-state index contributed by atoms with van der Waals surface area (Å²) in [6.45, 7) is 5.47. The van der Waals surface area contributed by atoms with E-state index in [-0.39, 0.29) is 17.7 Å². The van der Waals surface area contributed by atoms with Gasteiger partial charge in [0.1, 0.15) is 0 Å². The molecule has 0 N–H and O–H groups in total. The monoisotopic (exact) mass is 471 g/mol. The molecule has 33 heavy (non-hydrogen) atoms. The Balaban J connectivity index is 1.23. The van der Waals surface area contributed by atoms with Crippen molar-refractivity contribution in [1.29, 1.82) is 0 Å². The summed E-state index contributed by atoms with van der Waals surface area (Å²) in [5.41, 5.74) is 1.08. The van der Waals surface area contributed by atoms with Crippen LogP contribution in [0.25, 0.3) is 0 Å². The number of benzene rings is 1. The minimum absolute atomic E-state index is 0.0726. The summed E-state index contributed by atoms with van der Waals surface area (Å²) in [6, 6.07) is 10.1. The summed E-state index contributed by atoms with van der Waals surface area (Å²) in [5, 5.41) is 2.12. The van der Waals surface area contributed by atoms with Crippen molar-refractivity contribution < 1.29 is 19.1 Å². The third-order valence-corrected chi connectivity index (χ3v) is 7.56. The first-order chi connectivity index (χ1) is 16.1. The fourth-order valence-electron chi connectivity index (χ4n) is 4.63. The molecular formula is C25H33N3O4S. The van der Waals surface area contributed by atoms with Crippen LogP contribution in [0.3, 0.4) is 0 Å². The zero-order valence-electron chi connectivity index (χ0n) is 19.5. The molecule has 7 nitrogen and oxygen atoms in total. The average Bonchev–Trinajstić information content (AvgIpc) is 3.50. The molecule has 1 aromatic heterocycles. The van der Waals surface area contributed by atoms with Crippen molar-refractivity contribution in [2.75, 3.05) is 60.0 Å². The number of hydrogen-bond donors (Lipinski definition) is 0.